The Balaban J connectivity index is 3.10. The van der Waals surface area contributed by atoms with Crippen LogP contribution in [-0.4, -0.2) is 13.4 Å². The molecule has 70 valence electrons. The molecule has 1 aromatic rings. The summed E-state index contributed by atoms with van der Waals surface area (Å²) in [4.78, 5) is 10.4. The van der Waals surface area contributed by atoms with E-state index in [4.69, 9.17) is 4.74 Å². The van der Waals surface area contributed by atoms with Crippen LogP contribution in [0.2, 0.25) is 0 Å². The van der Waals surface area contributed by atoms with Crippen LogP contribution in [0.4, 0.5) is 0 Å². The Labute approximate surface area is 78.5 Å². The molecular formula is C11H14O2. The average Bonchev–Trinajstić information content (AvgIpc) is 2.18. The van der Waals surface area contributed by atoms with E-state index in [0.29, 0.717) is 6.42 Å². The molecule has 0 atom stereocenters. The number of aldehydes is 1. The summed E-state index contributed by atoms with van der Waals surface area (Å²) in [6.45, 7) is 2.07. The first kappa shape index (κ1) is 9.78. The first-order valence-corrected chi connectivity index (χ1v) is 4.41. The van der Waals surface area contributed by atoms with Crippen molar-refractivity contribution in [1.29, 1.82) is 0 Å². The highest BCUT2D eigenvalue weighted by Gasteiger charge is 2.05. The molecule has 0 unspecified atom stereocenters. The lowest BCUT2D eigenvalue weighted by Gasteiger charge is -2.10. The molecule has 0 saturated carbocycles. The van der Waals surface area contributed by atoms with E-state index in [1.165, 1.54) is 0 Å². The lowest BCUT2D eigenvalue weighted by Crippen LogP contribution is -1.97. The summed E-state index contributed by atoms with van der Waals surface area (Å²) in [5.74, 6) is 0.858. The zero-order valence-electron chi connectivity index (χ0n) is 8.04. The fourth-order valence-corrected chi connectivity index (χ4v) is 1.43. The predicted molar refractivity (Wildman–Crippen MR) is 52.1 cm³/mol. The molecule has 0 aliphatic carbocycles. The standard InChI is InChI=1S/C11H14O2/c1-3-9-5-4-6-10(7-8-12)11(9)13-2/h4-6,8H,3,7H2,1-2H3. The van der Waals surface area contributed by atoms with Crippen molar-refractivity contribution in [2.45, 2.75) is 19.8 Å². The predicted octanol–water partition coefficient (Wildman–Crippen LogP) is 2.00. The van der Waals surface area contributed by atoms with Gasteiger partial charge in [-0.25, -0.2) is 0 Å². The zero-order valence-corrected chi connectivity index (χ0v) is 8.04. The monoisotopic (exact) mass is 178 g/mol. The second kappa shape index (κ2) is 4.65. The Bertz CT molecular complexity index is 292. The Hall–Kier alpha value is -1.31. The molecule has 2 heteroatoms. The molecule has 0 N–H and O–H groups in total. The number of hydrogen-bond acceptors (Lipinski definition) is 2. The normalized spacial score (nSPS) is 9.69. The number of carbonyl (C=O) groups excluding carboxylic acids is 1. The number of rotatable bonds is 4. The van der Waals surface area contributed by atoms with Crippen molar-refractivity contribution in [3.63, 3.8) is 0 Å². The maximum Gasteiger partial charge on any atom is 0.125 e. The second-order valence-corrected chi connectivity index (χ2v) is 2.83. The first-order chi connectivity index (χ1) is 6.33. The van der Waals surface area contributed by atoms with Crippen molar-refractivity contribution < 1.29 is 9.53 Å². The van der Waals surface area contributed by atoms with Crippen LogP contribution in [0.25, 0.3) is 0 Å². The number of hydrogen-bond donors (Lipinski definition) is 0. The van der Waals surface area contributed by atoms with Gasteiger partial charge < -0.3 is 9.53 Å². The van der Waals surface area contributed by atoms with Crippen molar-refractivity contribution in [3.05, 3.63) is 29.3 Å². The van der Waals surface area contributed by atoms with Crippen molar-refractivity contribution >= 4 is 6.29 Å². The minimum absolute atomic E-state index is 0.428. The topological polar surface area (TPSA) is 26.3 Å². The van der Waals surface area contributed by atoms with Gasteiger partial charge in [-0.05, 0) is 12.0 Å². The molecule has 1 rings (SSSR count). The largest absolute Gasteiger partial charge is 0.496 e. The summed E-state index contributed by atoms with van der Waals surface area (Å²) in [7, 11) is 1.64. The van der Waals surface area contributed by atoms with E-state index in [0.717, 1.165) is 29.6 Å². The minimum Gasteiger partial charge on any atom is -0.496 e. The van der Waals surface area contributed by atoms with Crippen LogP contribution < -0.4 is 4.74 Å². The third kappa shape index (κ3) is 2.08. The van der Waals surface area contributed by atoms with Crippen LogP contribution in [0.15, 0.2) is 18.2 Å². The van der Waals surface area contributed by atoms with Crippen LogP contribution in [0, 0.1) is 0 Å². The summed E-state index contributed by atoms with van der Waals surface area (Å²) in [6.07, 6.45) is 2.25. The lowest BCUT2D eigenvalue weighted by molar-refractivity contribution is -0.107. The molecule has 0 heterocycles. The van der Waals surface area contributed by atoms with Gasteiger partial charge in [-0.2, -0.15) is 0 Å². The maximum absolute atomic E-state index is 10.4. The van der Waals surface area contributed by atoms with Gasteiger partial charge in [-0.1, -0.05) is 25.1 Å². The van der Waals surface area contributed by atoms with Crippen LogP contribution in [0.3, 0.4) is 0 Å². The van der Waals surface area contributed by atoms with Crippen molar-refractivity contribution in [1.82, 2.24) is 0 Å². The van der Waals surface area contributed by atoms with Gasteiger partial charge in [0.05, 0.1) is 7.11 Å². The fraction of sp³-hybridized carbons (Fsp3) is 0.364. The first-order valence-electron chi connectivity index (χ1n) is 4.41. The third-order valence-corrected chi connectivity index (χ3v) is 2.07. The molecule has 0 radical (unpaired) electrons. The highest BCUT2D eigenvalue weighted by Crippen LogP contribution is 2.24. The molecule has 2 nitrogen and oxygen atoms in total. The van der Waals surface area contributed by atoms with Crippen LogP contribution in [-0.2, 0) is 17.6 Å². The Morgan fingerprint density at radius 2 is 2.08 bits per heavy atom. The van der Waals surface area contributed by atoms with Gasteiger partial charge in [-0.3, -0.25) is 0 Å². The van der Waals surface area contributed by atoms with Gasteiger partial charge in [0.25, 0.3) is 0 Å². The SMILES string of the molecule is CCc1cccc(CC=O)c1OC. The summed E-state index contributed by atoms with van der Waals surface area (Å²) in [5, 5.41) is 0. The summed E-state index contributed by atoms with van der Waals surface area (Å²) in [5.41, 5.74) is 2.12. The van der Waals surface area contributed by atoms with Gasteiger partial charge in [-0.15, -0.1) is 0 Å². The van der Waals surface area contributed by atoms with Crippen LogP contribution >= 0.6 is 0 Å². The highest BCUT2D eigenvalue weighted by atomic mass is 16.5. The molecule has 0 aliphatic heterocycles. The zero-order chi connectivity index (χ0) is 9.68. The average molecular weight is 178 g/mol. The summed E-state index contributed by atoms with van der Waals surface area (Å²) < 4.78 is 5.26. The maximum atomic E-state index is 10.4. The number of carbonyl (C=O) groups is 1. The fourth-order valence-electron chi connectivity index (χ4n) is 1.43. The van der Waals surface area contributed by atoms with E-state index >= 15 is 0 Å². The van der Waals surface area contributed by atoms with Gasteiger partial charge in [0.2, 0.25) is 0 Å². The molecule has 0 aromatic heterocycles. The number of ether oxygens (including phenoxy) is 1. The number of para-hydroxylation sites is 1. The van der Waals surface area contributed by atoms with Gasteiger partial charge in [0, 0.05) is 12.0 Å². The highest BCUT2D eigenvalue weighted by molar-refractivity contribution is 5.58. The molecule has 0 bridgehead atoms. The lowest BCUT2D eigenvalue weighted by atomic mass is 10.0. The van der Waals surface area contributed by atoms with E-state index in [1.54, 1.807) is 7.11 Å². The van der Waals surface area contributed by atoms with Crippen molar-refractivity contribution in [3.8, 4) is 5.75 Å². The van der Waals surface area contributed by atoms with Crippen LogP contribution in [0.5, 0.6) is 5.75 Å². The number of aryl methyl sites for hydroxylation is 1. The van der Waals surface area contributed by atoms with E-state index in [-0.39, 0.29) is 0 Å². The molecule has 0 fully saturated rings. The molecule has 0 saturated heterocycles. The van der Waals surface area contributed by atoms with E-state index < -0.39 is 0 Å². The number of methoxy groups -OCH3 is 1. The molecule has 1 aromatic carbocycles. The Morgan fingerprint density at radius 3 is 2.62 bits per heavy atom. The van der Waals surface area contributed by atoms with Gasteiger partial charge in [0.1, 0.15) is 12.0 Å². The second-order valence-electron chi connectivity index (χ2n) is 2.83. The van der Waals surface area contributed by atoms with Gasteiger partial charge >= 0.3 is 0 Å². The van der Waals surface area contributed by atoms with Crippen LogP contribution in [0.1, 0.15) is 18.1 Å². The van der Waals surface area contributed by atoms with E-state index in [1.807, 2.05) is 18.2 Å². The Morgan fingerprint density at radius 1 is 1.38 bits per heavy atom. The molecule has 0 spiro atoms. The van der Waals surface area contributed by atoms with Gasteiger partial charge in [0.15, 0.2) is 0 Å². The number of benzene rings is 1. The summed E-state index contributed by atoms with van der Waals surface area (Å²) >= 11 is 0. The Kier molecular flexibility index (Phi) is 3.50. The molecular weight excluding hydrogens is 164 g/mol. The third-order valence-electron chi connectivity index (χ3n) is 2.07. The van der Waals surface area contributed by atoms with Crippen molar-refractivity contribution in [2.24, 2.45) is 0 Å². The minimum atomic E-state index is 0.428. The smallest absolute Gasteiger partial charge is 0.125 e. The molecule has 0 aliphatic rings. The van der Waals surface area contributed by atoms with E-state index in [9.17, 15) is 4.79 Å². The van der Waals surface area contributed by atoms with E-state index in [2.05, 4.69) is 6.92 Å². The molecule has 13 heavy (non-hydrogen) atoms. The van der Waals surface area contributed by atoms with Crippen molar-refractivity contribution in [2.75, 3.05) is 7.11 Å². The molecule has 0 amide bonds. The summed E-state index contributed by atoms with van der Waals surface area (Å²) in [6, 6.07) is 5.90. The quantitative estimate of drug-likeness (QED) is 0.659.